The number of thiophene rings is 1. The molecule has 1 N–H and O–H groups in total. The monoisotopic (exact) mass is 389 g/mol. The Balaban J connectivity index is 1.73. The Hall–Kier alpha value is -2.05. The topological polar surface area (TPSA) is 59.0 Å². The molecule has 0 radical (unpaired) electrons. The summed E-state index contributed by atoms with van der Waals surface area (Å²) in [5.41, 5.74) is 0.869. The zero-order valence-electron chi connectivity index (χ0n) is 15.7. The quantitative estimate of drug-likeness (QED) is 0.702. The minimum absolute atomic E-state index is 0.381. The first-order valence-corrected chi connectivity index (χ1v) is 10.3. The van der Waals surface area contributed by atoms with E-state index in [4.69, 9.17) is 9.47 Å². The maximum atomic E-state index is 11.8. The van der Waals surface area contributed by atoms with E-state index in [1.54, 1.807) is 7.11 Å². The summed E-state index contributed by atoms with van der Waals surface area (Å²) >= 11 is 1.47. The maximum absolute atomic E-state index is 11.8. The van der Waals surface area contributed by atoms with Crippen LogP contribution < -0.4 is 9.47 Å². The smallest absolute Gasteiger partial charge is 0.312 e. The molecule has 1 unspecified atom stereocenters. The summed E-state index contributed by atoms with van der Waals surface area (Å²) in [4.78, 5) is 15.1. The second-order valence-corrected chi connectivity index (χ2v) is 7.79. The van der Waals surface area contributed by atoms with Gasteiger partial charge < -0.3 is 14.6 Å². The number of hydrogen-bond acceptors (Lipinski definition) is 5. The van der Waals surface area contributed by atoms with E-state index in [0.29, 0.717) is 24.5 Å². The van der Waals surface area contributed by atoms with Gasteiger partial charge in [-0.25, -0.2) is 0 Å². The van der Waals surface area contributed by atoms with Crippen LogP contribution in [0.3, 0.4) is 0 Å². The van der Waals surface area contributed by atoms with Crippen molar-refractivity contribution in [2.45, 2.75) is 31.6 Å². The average Bonchev–Trinajstić information content (AvgIpc) is 3.21. The van der Waals surface area contributed by atoms with Crippen molar-refractivity contribution in [2.75, 3.05) is 33.4 Å². The van der Waals surface area contributed by atoms with Crippen LogP contribution in [0.2, 0.25) is 0 Å². The molecule has 1 aromatic carbocycles. The van der Waals surface area contributed by atoms with Crippen molar-refractivity contribution in [1.29, 1.82) is 0 Å². The van der Waals surface area contributed by atoms with E-state index in [1.807, 2.05) is 35.7 Å². The van der Waals surface area contributed by atoms with Crippen LogP contribution in [0.15, 0.2) is 35.7 Å². The number of methoxy groups -OCH3 is 1. The Bertz CT molecular complexity index is 726. The average molecular weight is 390 g/mol. The molecule has 146 valence electrons. The van der Waals surface area contributed by atoms with Gasteiger partial charge in [-0.2, -0.15) is 0 Å². The first-order chi connectivity index (χ1) is 13.2. The number of carboxylic acid groups (broad SMARTS) is 1. The van der Waals surface area contributed by atoms with Gasteiger partial charge in [0.1, 0.15) is 6.61 Å². The highest BCUT2D eigenvalue weighted by Crippen LogP contribution is 2.35. The van der Waals surface area contributed by atoms with Gasteiger partial charge in [-0.3, -0.25) is 9.69 Å². The van der Waals surface area contributed by atoms with Crippen molar-refractivity contribution in [2.24, 2.45) is 0 Å². The third kappa shape index (κ3) is 5.23. The fourth-order valence-corrected chi connectivity index (χ4v) is 4.35. The van der Waals surface area contributed by atoms with Gasteiger partial charge in [-0.1, -0.05) is 24.6 Å². The maximum Gasteiger partial charge on any atom is 0.312 e. The van der Waals surface area contributed by atoms with Crippen LogP contribution in [0.5, 0.6) is 11.5 Å². The molecular formula is C21H27NO4S. The predicted molar refractivity (Wildman–Crippen MR) is 107 cm³/mol. The molecule has 6 heteroatoms. The Morgan fingerprint density at radius 2 is 2.04 bits per heavy atom. The Morgan fingerprint density at radius 1 is 1.22 bits per heavy atom. The number of carbonyl (C=O) groups is 1. The van der Waals surface area contributed by atoms with Gasteiger partial charge in [0, 0.05) is 11.4 Å². The van der Waals surface area contributed by atoms with Crippen molar-refractivity contribution >= 4 is 17.3 Å². The summed E-state index contributed by atoms with van der Waals surface area (Å²) in [6.45, 7) is 3.71. The number of ether oxygens (including phenoxy) is 2. The molecule has 2 heterocycles. The van der Waals surface area contributed by atoms with Crippen molar-refractivity contribution in [3.8, 4) is 11.5 Å². The first kappa shape index (κ1) is 19.7. The number of aliphatic carboxylic acids is 1. The standard InChI is InChI=1S/C21H27NO4S/c1-25-18-8-5-7-16(15-17(21(23)24)19-9-6-14-27-19)20(18)26-13-12-22-10-3-2-4-11-22/h5-9,14,17H,2-4,10-13,15H2,1H3,(H,23,24). The summed E-state index contributed by atoms with van der Waals surface area (Å²) in [6.07, 6.45) is 4.20. The molecule has 1 saturated heterocycles. The van der Waals surface area contributed by atoms with Crippen LogP contribution >= 0.6 is 11.3 Å². The fraction of sp³-hybridized carbons (Fsp3) is 0.476. The molecule has 1 aliphatic heterocycles. The molecule has 5 nitrogen and oxygen atoms in total. The Kier molecular flexibility index (Phi) is 7.12. The second-order valence-electron chi connectivity index (χ2n) is 6.81. The van der Waals surface area contributed by atoms with Gasteiger partial charge in [0.05, 0.1) is 13.0 Å². The third-order valence-electron chi connectivity index (χ3n) is 4.99. The van der Waals surface area contributed by atoms with Crippen LogP contribution in [0, 0.1) is 0 Å². The predicted octanol–water partition coefficient (Wildman–Crippen LogP) is 4.03. The minimum Gasteiger partial charge on any atom is -0.493 e. The summed E-state index contributed by atoms with van der Waals surface area (Å²) < 4.78 is 11.6. The number of nitrogens with zero attached hydrogens (tertiary/aromatic N) is 1. The zero-order valence-corrected chi connectivity index (χ0v) is 16.5. The van der Waals surface area contributed by atoms with Crippen LogP contribution in [0.4, 0.5) is 0 Å². The van der Waals surface area contributed by atoms with E-state index in [2.05, 4.69) is 4.90 Å². The highest BCUT2D eigenvalue weighted by Gasteiger charge is 2.24. The van der Waals surface area contributed by atoms with E-state index >= 15 is 0 Å². The first-order valence-electron chi connectivity index (χ1n) is 9.46. The lowest BCUT2D eigenvalue weighted by Crippen LogP contribution is -2.33. The number of likely N-dealkylation sites (tertiary alicyclic amines) is 1. The molecule has 1 atom stereocenters. The van der Waals surface area contributed by atoms with Crippen LogP contribution in [0.25, 0.3) is 0 Å². The number of hydrogen-bond donors (Lipinski definition) is 1. The number of benzene rings is 1. The summed E-state index contributed by atoms with van der Waals surface area (Å²) in [7, 11) is 1.62. The molecule has 0 aliphatic carbocycles. The molecule has 1 aliphatic rings. The fourth-order valence-electron chi connectivity index (χ4n) is 3.53. The van der Waals surface area contributed by atoms with Gasteiger partial charge in [-0.05, 0) is 55.4 Å². The summed E-state index contributed by atoms with van der Waals surface area (Å²) in [5, 5.41) is 11.6. The molecule has 0 amide bonds. The van der Waals surface area contributed by atoms with E-state index in [1.165, 1.54) is 30.6 Å². The molecule has 27 heavy (non-hydrogen) atoms. The van der Waals surface area contributed by atoms with Gasteiger partial charge >= 0.3 is 5.97 Å². The van der Waals surface area contributed by atoms with Gasteiger partial charge in [0.15, 0.2) is 11.5 Å². The Morgan fingerprint density at radius 3 is 2.70 bits per heavy atom. The normalized spacial score (nSPS) is 16.0. The lowest BCUT2D eigenvalue weighted by Gasteiger charge is -2.26. The number of rotatable bonds is 9. The third-order valence-corrected chi connectivity index (χ3v) is 5.98. The van der Waals surface area contributed by atoms with E-state index in [0.717, 1.165) is 30.1 Å². The highest BCUT2D eigenvalue weighted by atomic mass is 32.1. The van der Waals surface area contributed by atoms with E-state index in [9.17, 15) is 9.90 Å². The van der Waals surface area contributed by atoms with Crippen molar-refractivity contribution < 1.29 is 19.4 Å². The molecule has 2 aromatic rings. The molecule has 0 spiro atoms. The largest absolute Gasteiger partial charge is 0.493 e. The summed E-state index contributed by atoms with van der Waals surface area (Å²) in [6, 6.07) is 9.44. The van der Waals surface area contributed by atoms with E-state index < -0.39 is 11.9 Å². The SMILES string of the molecule is COc1cccc(CC(C(=O)O)c2cccs2)c1OCCN1CCCCC1. The number of carboxylic acids is 1. The van der Waals surface area contributed by atoms with Crippen LogP contribution in [0.1, 0.15) is 35.6 Å². The minimum atomic E-state index is -0.820. The second kappa shape index (κ2) is 9.76. The van der Waals surface area contributed by atoms with Gasteiger partial charge in [0.2, 0.25) is 0 Å². The molecule has 1 aromatic heterocycles. The van der Waals surface area contributed by atoms with Crippen LogP contribution in [-0.2, 0) is 11.2 Å². The molecule has 0 saturated carbocycles. The van der Waals surface area contributed by atoms with Gasteiger partial charge in [0.25, 0.3) is 0 Å². The van der Waals surface area contributed by atoms with Crippen molar-refractivity contribution in [1.82, 2.24) is 4.90 Å². The number of piperidine rings is 1. The molecule has 0 bridgehead atoms. The Labute approximate surface area is 164 Å². The lowest BCUT2D eigenvalue weighted by atomic mass is 9.97. The summed E-state index contributed by atoms with van der Waals surface area (Å²) in [5.74, 6) is -0.0811. The lowest BCUT2D eigenvalue weighted by molar-refractivity contribution is -0.138. The van der Waals surface area contributed by atoms with Crippen molar-refractivity contribution in [3.05, 3.63) is 46.2 Å². The molecular weight excluding hydrogens is 362 g/mol. The van der Waals surface area contributed by atoms with E-state index in [-0.39, 0.29) is 0 Å². The van der Waals surface area contributed by atoms with Crippen molar-refractivity contribution in [3.63, 3.8) is 0 Å². The van der Waals surface area contributed by atoms with Gasteiger partial charge in [-0.15, -0.1) is 11.3 Å². The zero-order chi connectivity index (χ0) is 19.1. The van der Waals surface area contributed by atoms with Crippen LogP contribution in [-0.4, -0.2) is 49.3 Å². The highest BCUT2D eigenvalue weighted by molar-refractivity contribution is 7.10. The molecule has 1 fully saturated rings. The molecule has 3 rings (SSSR count). The number of para-hydroxylation sites is 1.